The zero-order valence-electron chi connectivity index (χ0n) is 14.2. The van der Waals surface area contributed by atoms with Crippen molar-refractivity contribution in [1.29, 1.82) is 0 Å². The van der Waals surface area contributed by atoms with Crippen molar-refractivity contribution in [2.24, 2.45) is 0 Å². The number of piperidine rings is 1. The van der Waals surface area contributed by atoms with Gasteiger partial charge in [0, 0.05) is 30.4 Å². The Bertz CT molecular complexity index is 654. The van der Waals surface area contributed by atoms with Gasteiger partial charge in [-0.3, -0.25) is 4.40 Å². The fourth-order valence-corrected chi connectivity index (χ4v) is 3.86. The normalized spacial score (nSPS) is 18.3. The lowest BCUT2D eigenvalue weighted by Gasteiger charge is -2.35. The standard InChI is InChI=1S/C16H25N5OS/c1-11-9-21-10-14(18-16(21)23-11)12(2)17-15(22)20(4)13-5-7-19(3)8-6-13/h9-10,12-13H,5-8H2,1-4H3,(H,17,22). The van der Waals surface area contributed by atoms with E-state index in [1.165, 1.54) is 4.88 Å². The molecule has 0 aliphatic carbocycles. The Balaban J connectivity index is 1.60. The van der Waals surface area contributed by atoms with Crippen LogP contribution in [-0.2, 0) is 0 Å². The first kappa shape index (κ1) is 16.3. The SMILES string of the molecule is Cc1cn2cc(C(C)NC(=O)N(C)C3CCN(C)CC3)nc2s1. The van der Waals surface area contributed by atoms with Gasteiger partial charge in [0.05, 0.1) is 11.7 Å². The monoisotopic (exact) mass is 335 g/mol. The van der Waals surface area contributed by atoms with E-state index in [1.54, 1.807) is 11.3 Å². The van der Waals surface area contributed by atoms with E-state index < -0.39 is 0 Å². The number of carbonyl (C=O) groups excluding carboxylic acids is 1. The van der Waals surface area contributed by atoms with Crippen LogP contribution in [0.25, 0.3) is 4.96 Å². The molecular formula is C16H25N5OS. The smallest absolute Gasteiger partial charge is 0.317 e. The first-order valence-electron chi connectivity index (χ1n) is 8.11. The second kappa shape index (κ2) is 6.49. The quantitative estimate of drug-likeness (QED) is 0.938. The van der Waals surface area contributed by atoms with Gasteiger partial charge in [-0.05, 0) is 46.8 Å². The highest BCUT2D eigenvalue weighted by molar-refractivity contribution is 7.16. The predicted octanol–water partition coefficient (Wildman–Crippen LogP) is 2.50. The Hall–Kier alpha value is -1.60. The van der Waals surface area contributed by atoms with Crippen LogP contribution in [0.15, 0.2) is 12.4 Å². The average Bonchev–Trinajstić information content (AvgIpc) is 3.04. The van der Waals surface area contributed by atoms with E-state index in [1.807, 2.05) is 29.5 Å². The van der Waals surface area contributed by atoms with Gasteiger partial charge in [-0.15, -0.1) is 11.3 Å². The molecule has 1 saturated heterocycles. The Morgan fingerprint density at radius 2 is 2.13 bits per heavy atom. The first-order chi connectivity index (χ1) is 10.9. The molecule has 0 radical (unpaired) electrons. The number of nitrogens with one attached hydrogen (secondary N) is 1. The molecular weight excluding hydrogens is 310 g/mol. The molecule has 3 rings (SSSR count). The lowest BCUT2D eigenvalue weighted by atomic mass is 10.0. The topological polar surface area (TPSA) is 52.9 Å². The van der Waals surface area contributed by atoms with Crippen molar-refractivity contribution in [2.75, 3.05) is 27.2 Å². The minimum absolute atomic E-state index is 0.0143. The van der Waals surface area contributed by atoms with Gasteiger partial charge < -0.3 is 15.1 Å². The molecule has 23 heavy (non-hydrogen) atoms. The highest BCUT2D eigenvalue weighted by Crippen LogP contribution is 2.20. The number of urea groups is 1. The number of aryl methyl sites for hydroxylation is 1. The lowest BCUT2D eigenvalue weighted by molar-refractivity contribution is 0.146. The minimum atomic E-state index is -0.0939. The van der Waals surface area contributed by atoms with Gasteiger partial charge in [0.1, 0.15) is 0 Å². The van der Waals surface area contributed by atoms with Crippen LogP contribution in [0.3, 0.4) is 0 Å². The number of imidazole rings is 1. The molecule has 1 unspecified atom stereocenters. The maximum absolute atomic E-state index is 12.5. The van der Waals surface area contributed by atoms with E-state index >= 15 is 0 Å². The summed E-state index contributed by atoms with van der Waals surface area (Å²) in [6.07, 6.45) is 6.14. The summed E-state index contributed by atoms with van der Waals surface area (Å²) < 4.78 is 2.03. The van der Waals surface area contributed by atoms with Crippen LogP contribution in [0, 0.1) is 6.92 Å². The van der Waals surface area contributed by atoms with E-state index in [2.05, 4.69) is 35.4 Å². The largest absolute Gasteiger partial charge is 0.330 e. The molecule has 2 amide bonds. The van der Waals surface area contributed by atoms with Crippen LogP contribution in [0.2, 0.25) is 0 Å². The molecule has 0 bridgehead atoms. The molecule has 2 aromatic heterocycles. The minimum Gasteiger partial charge on any atom is -0.330 e. The van der Waals surface area contributed by atoms with Crippen molar-refractivity contribution < 1.29 is 4.79 Å². The van der Waals surface area contributed by atoms with E-state index in [9.17, 15) is 4.79 Å². The molecule has 1 N–H and O–H groups in total. The molecule has 3 heterocycles. The number of likely N-dealkylation sites (tertiary alicyclic amines) is 1. The summed E-state index contributed by atoms with van der Waals surface area (Å²) in [4.78, 5) is 23.5. The van der Waals surface area contributed by atoms with Crippen LogP contribution < -0.4 is 5.32 Å². The van der Waals surface area contributed by atoms with Crippen LogP contribution in [0.4, 0.5) is 4.79 Å². The summed E-state index contributed by atoms with van der Waals surface area (Å²) in [6, 6.07) is 0.217. The van der Waals surface area contributed by atoms with Crippen molar-refractivity contribution in [3.8, 4) is 0 Å². The van der Waals surface area contributed by atoms with Gasteiger partial charge in [0.2, 0.25) is 0 Å². The van der Waals surface area contributed by atoms with E-state index in [-0.39, 0.29) is 12.1 Å². The van der Waals surface area contributed by atoms with Crippen LogP contribution >= 0.6 is 11.3 Å². The second-order valence-corrected chi connectivity index (χ2v) is 7.73. The van der Waals surface area contributed by atoms with Crippen molar-refractivity contribution in [2.45, 2.75) is 38.8 Å². The highest BCUT2D eigenvalue weighted by atomic mass is 32.1. The first-order valence-corrected chi connectivity index (χ1v) is 8.92. The van der Waals surface area contributed by atoms with E-state index in [0.717, 1.165) is 36.6 Å². The Kier molecular flexibility index (Phi) is 4.59. The third-order valence-corrected chi connectivity index (χ3v) is 5.54. The zero-order valence-corrected chi connectivity index (χ0v) is 15.1. The van der Waals surface area contributed by atoms with Crippen molar-refractivity contribution in [1.82, 2.24) is 24.5 Å². The van der Waals surface area contributed by atoms with Gasteiger partial charge in [0.15, 0.2) is 4.96 Å². The third kappa shape index (κ3) is 3.50. The number of hydrogen-bond donors (Lipinski definition) is 1. The summed E-state index contributed by atoms with van der Waals surface area (Å²) in [5.41, 5.74) is 0.904. The number of carbonyl (C=O) groups is 1. The summed E-state index contributed by atoms with van der Waals surface area (Å²) in [7, 11) is 4.03. The molecule has 7 heteroatoms. The predicted molar refractivity (Wildman–Crippen MR) is 93.0 cm³/mol. The molecule has 0 spiro atoms. The fourth-order valence-electron chi connectivity index (χ4n) is 3.05. The molecule has 1 aliphatic heterocycles. The number of amides is 2. The molecule has 1 aliphatic rings. The van der Waals surface area contributed by atoms with Gasteiger partial charge in [-0.2, -0.15) is 0 Å². The second-order valence-electron chi connectivity index (χ2n) is 6.51. The Morgan fingerprint density at radius 1 is 1.43 bits per heavy atom. The summed E-state index contributed by atoms with van der Waals surface area (Å²) in [5, 5.41) is 3.07. The van der Waals surface area contributed by atoms with Gasteiger partial charge >= 0.3 is 6.03 Å². The average molecular weight is 335 g/mol. The molecule has 0 saturated carbocycles. The summed E-state index contributed by atoms with van der Waals surface area (Å²) in [5.74, 6) is 0. The number of hydrogen-bond acceptors (Lipinski definition) is 4. The maximum Gasteiger partial charge on any atom is 0.317 e. The molecule has 2 aromatic rings. The number of fused-ring (bicyclic) bond motifs is 1. The van der Waals surface area contributed by atoms with Crippen LogP contribution in [-0.4, -0.2) is 58.4 Å². The van der Waals surface area contributed by atoms with Gasteiger partial charge in [-0.25, -0.2) is 9.78 Å². The zero-order chi connectivity index (χ0) is 16.6. The van der Waals surface area contributed by atoms with Crippen molar-refractivity contribution in [3.05, 3.63) is 23.0 Å². The summed E-state index contributed by atoms with van der Waals surface area (Å²) >= 11 is 1.66. The Labute approximate surface area is 141 Å². The number of thiazole rings is 1. The van der Waals surface area contributed by atoms with Crippen LogP contribution in [0.5, 0.6) is 0 Å². The third-order valence-electron chi connectivity index (χ3n) is 4.63. The van der Waals surface area contributed by atoms with Crippen molar-refractivity contribution >= 4 is 22.3 Å². The molecule has 1 atom stereocenters. The van der Waals surface area contributed by atoms with Crippen LogP contribution in [0.1, 0.15) is 36.4 Å². The summed E-state index contributed by atoms with van der Waals surface area (Å²) in [6.45, 7) is 6.16. The number of nitrogens with zero attached hydrogens (tertiary/aromatic N) is 4. The highest BCUT2D eigenvalue weighted by Gasteiger charge is 2.25. The molecule has 126 valence electrons. The van der Waals surface area contributed by atoms with Gasteiger partial charge in [0.25, 0.3) is 0 Å². The molecule has 1 fully saturated rings. The lowest BCUT2D eigenvalue weighted by Crippen LogP contribution is -2.48. The Morgan fingerprint density at radius 3 is 2.78 bits per heavy atom. The van der Waals surface area contributed by atoms with Gasteiger partial charge in [-0.1, -0.05) is 0 Å². The molecule has 0 aromatic carbocycles. The maximum atomic E-state index is 12.5. The number of aromatic nitrogens is 2. The fraction of sp³-hybridized carbons (Fsp3) is 0.625. The number of rotatable bonds is 3. The molecule has 6 nitrogen and oxygen atoms in total. The van der Waals surface area contributed by atoms with E-state index in [0.29, 0.717) is 6.04 Å². The van der Waals surface area contributed by atoms with E-state index in [4.69, 9.17) is 0 Å². The van der Waals surface area contributed by atoms with Crippen molar-refractivity contribution in [3.63, 3.8) is 0 Å².